The van der Waals surface area contributed by atoms with Gasteiger partial charge in [0.15, 0.2) is 0 Å². The molecule has 0 aromatic rings. The molecule has 0 aromatic carbocycles. The van der Waals surface area contributed by atoms with Gasteiger partial charge in [0, 0.05) is 6.61 Å². The number of hydrogen-bond acceptors (Lipinski definition) is 1. The average Bonchev–Trinajstić information content (AvgIpc) is 1.86. The highest BCUT2D eigenvalue weighted by Crippen LogP contribution is 2.14. The number of hydrogen-bond donors (Lipinski definition) is 0. The maximum Gasteiger partial charge on any atom is 0.0805 e. The van der Waals surface area contributed by atoms with Crippen molar-refractivity contribution in [1.29, 1.82) is 0 Å². The molecule has 1 atom stereocenters. The molecule has 0 saturated carbocycles. The smallest absolute Gasteiger partial charge is 0.0805 e. The Bertz CT molecular complexity index is 78.9. The quantitative estimate of drug-likeness (QED) is 0.538. The zero-order valence-electron chi connectivity index (χ0n) is 8.26. The van der Waals surface area contributed by atoms with E-state index in [2.05, 4.69) is 20.8 Å². The first-order chi connectivity index (χ1) is 5.16. The van der Waals surface area contributed by atoms with E-state index in [0.717, 1.165) is 18.4 Å². The Morgan fingerprint density at radius 3 is 2.36 bits per heavy atom. The third-order valence-corrected chi connectivity index (χ3v) is 1.77. The molecule has 0 bridgehead atoms. The second-order valence-corrected chi connectivity index (χ2v) is 3.63. The van der Waals surface area contributed by atoms with Gasteiger partial charge in [-0.2, -0.15) is 0 Å². The molecule has 0 heterocycles. The van der Waals surface area contributed by atoms with Crippen molar-refractivity contribution in [2.24, 2.45) is 11.8 Å². The van der Waals surface area contributed by atoms with E-state index in [1.165, 1.54) is 12.8 Å². The Morgan fingerprint density at radius 2 is 1.91 bits per heavy atom. The van der Waals surface area contributed by atoms with Crippen molar-refractivity contribution in [3.8, 4) is 0 Å². The fourth-order valence-corrected chi connectivity index (χ4v) is 1.31. The van der Waals surface area contributed by atoms with Crippen LogP contribution < -0.4 is 0 Å². The van der Waals surface area contributed by atoms with E-state index in [4.69, 9.17) is 4.74 Å². The van der Waals surface area contributed by atoms with Crippen molar-refractivity contribution in [3.05, 3.63) is 6.61 Å². The Hall–Kier alpha value is -0.0400. The Morgan fingerprint density at radius 1 is 1.27 bits per heavy atom. The van der Waals surface area contributed by atoms with Gasteiger partial charge < -0.3 is 4.74 Å². The van der Waals surface area contributed by atoms with Crippen LogP contribution in [0.1, 0.15) is 40.5 Å². The van der Waals surface area contributed by atoms with Crippen LogP contribution in [0.25, 0.3) is 0 Å². The molecule has 0 aliphatic heterocycles. The summed E-state index contributed by atoms with van der Waals surface area (Å²) < 4.78 is 5.16. The minimum Gasteiger partial charge on any atom is -0.376 e. The zero-order chi connectivity index (χ0) is 8.69. The lowest BCUT2D eigenvalue weighted by molar-refractivity contribution is 0.180. The highest BCUT2D eigenvalue weighted by Gasteiger charge is 2.03. The van der Waals surface area contributed by atoms with Crippen LogP contribution in [0.4, 0.5) is 0 Å². The van der Waals surface area contributed by atoms with Crippen molar-refractivity contribution >= 4 is 0 Å². The Kier molecular flexibility index (Phi) is 6.63. The largest absolute Gasteiger partial charge is 0.376 e. The van der Waals surface area contributed by atoms with Crippen molar-refractivity contribution in [3.63, 3.8) is 0 Å². The lowest BCUT2D eigenvalue weighted by atomic mass is 9.96. The van der Waals surface area contributed by atoms with E-state index >= 15 is 0 Å². The van der Waals surface area contributed by atoms with Crippen LogP contribution in [0.5, 0.6) is 0 Å². The predicted molar refractivity (Wildman–Crippen MR) is 49.2 cm³/mol. The summed E-state index contributed by atoms with van der Waals surface area (Å²) in [6, 6.07) is 0. The predicted octanol–water partition coefficient (Wildman–Crippen LogP) is 3.26. The summed E-state index contributed by atoms with van der Waals surface area (Å²) >= 11 is 0. The average molecular weight is 157 g/mol. The van der Waals surface area contributed by atoms with E-state index in [1.807, 2.05) is 6.92 Å². The molecule has 0 amide bonds. The molecule has 1 heteroatoms. The molecule has 0 rings (SSSR count). The lowest BCUT2D eigenvalue weighted by Crippen LogP contribution is -2.03. The molecule has 0 fully saturated rings. The molecule has 11 heavy (non-hydrogen) atoms. The van der Waals surface area contributed by atoms with Crippen LogP contribution >= 0.6 is 0 Å². The molecule has 0 spiro atoms. The van der Waals surface area contributed by atoms with E-state index in [-0.39, 0.29) is 0 Å². The molecule has 0 saturated heterocycles. The molecular weight excluding hydrogens is 136 g/mol. The summed E-state index contributed by atoms with van der Waals surface area (Å²) in [5.41, 5.74) is 0. The Balaban J connectivity index is 3.15. The van der Waals surface area contributed by atoms with Gasteiger partial charge in [-0.25, -0.2) is 0 Å². The normalized spacial score (nSPS) is 13.9. The van der Waals surface area contributed by atoms with Crippen LogP contribution in [-0.2, 0) is 4.74 Å². The van der Waals surface area contributed by atoms with Gasteiger partial charge >= 0.3 is 0 Å². The van der Waals surface area contributed by atoms with Gasteiger partial charge in [-0.15, -0.1) is 0 Å². The third kappa shape index (κ3) is 7.86. The topological polar surface area (TPSA) is 9.23 Å². The summed E-state index contributed by atoms with van der Waals surface area (Å²) in [5, 5.41) is 0. The van der Waals surface area contributed by atoms with Crippen LogP contribution in [-0.4, -0.2) is 6.61 Å². The highest BCUT2D eigenvalue weighted by molar-refractivity contribution is 4.55. The molecule has 0 aliphatic rings. The van der Waals surface area contributed by atoms with Crippen LogP contribution in [0, 0.1) is 18.4 Å². The Labute approximate surface area is 71.1 Å². The monoisotopic (exact) mass is 157 g/mol. The summed E-state index contributed by atoms with van der Waals surface area (Å²) in [6.07, 6.45) is 2.50. The van der Waals surface area contributed by atoms with Crippen molar-refractivity contribution in [2.75, 3.05) is 6.61 Å². The first-order valence-corrected chi connectivity index (χ1v) is 4.56. The molecule has 67 valence electrons. The van der Waals surface area contributed by atoms with Gasteiger partial charge in [-0.3, -0.25) is 0 Å². The summed E-state index contributed by atoms with van der Waals surface area (Å²) in [4.78, 5) is 0. The first-order valence-electron chi connectivity index (χ1n) is 4.56. The summed E-state index contributed by atoms with van der Waals surface area (Å²) in [6.45, 7) is 11.4. The SMILES string of the molecule is C[CH]OCCC(C)CC(C)C. The fourth-order valence-electron chi connectivity index (χ4n) is 1.31. The van der Waals surface area contributed by atoms with Gasteiger partial charge in [-0.05, 0) is 31.6 Å². The second-order valence-electron chi connectivity index (χ2n) is 3.63. The standard InChI is InChI=1S/C10H21O/c1-5-11-7-6-10(4)8-9(2)3/h5,9-10H,6-8H2,1-4H3. The van der Waals surface area contributed by atoms with Crippen LogP contribution in [0.3, 0.4) is 0 Å². The summed E-state index contributed by atoms with van der Waals surface area (Å²) in [7, 11) is 0. The van der Waals surface area contributed by atoms with E-state index in [9.17, 15) is 0 Å². The second kappa shape index (κ2) is 6.66. The number of ether oxygens (including phenoxy) is 1. The highest BCUT2D eigenvalue weighted by atomic mass is 16.5. The van der Waals surface area contributed by atoms with Crippen molar-refractivity contribution in [2.45, 2.75) is 40.5 Å². The zero-order valence-corrected chi connectivity index (χ0v) is 8.26. The van der Waals surface area contributed by atoms with E-state index in [0.29, 0.717) is 0 Å². The molecule has 0 N–H and O–H groups in total. The van der Waals surface area contributed by atoms with Gasteiger partial charge in [0.25, 0.3) is 0 Å². The lowest BCUT2D eigenvalue weighted by Gasteiger charge is -2.12. The molecule has 1 unspecified atom stereocenters. The maximum absolute atomic E-state index is 5.16. The molecule has 0 aliphatic carbocycles. The van der Waals surface area contributed by atoms with Crippen LogP contribution in [0.15, 0.2) is 0 Å². The van der Waals surface area contributed by atoms with Crippen molar-refractivity contribution in [1.82, 2.24) is 0 Å². The van der Waals surface area contributed by atoms with Crippen molar-refractivity contribution < 1.29 is 4.74 Å². The van der Waals surface area contributed by atoms with Gasteiger partial charge in [0.05, 0.1) is 6.61 Å². The fraction of sp³-hybridized carbons (Fsp3) is 0.900. The van der Waals surface area contributed by atoms with E-state index < -0.39 is 0 Å². The molecular formula is C10H21O. The first kappa shape index (κ1) is 11.0. The molecule has 1 radical (unpaired) electrons. The van der Waals surface area contributed by atoms with Crippen LogP contribution in [0.2, 0.25) is 0 Å². The van der Waals surface area contributed by atoms with Gasteiger partial charge in [-0.1, -0.05) is 20.8 Å². The minimum absolute atomic E-state index is 0.801. The van der Waals surface area contributed by atoms with Gasteiger partial charge in [0.2, 0.25) is 0 Å². The maximum atomic E-state index is 5.16. The molecule has 0 aromatic heterocycles. The third-order valence-electron chi connectivity index (χ3n) is 1.77. The number of rotatable bonds is 6. The summed E-state index contributed by atoms with van der Waals surface area (Å²) in [5.74, 6) is 1.62. The minimum atomic E-state index is 0.801. The molecule has 1 nitrogen and oxygen atoms in total. The van der Waals surface area contributed by atoms with E-state index in [1.54, 1.807) is 6.61 Å². The van der Waals surface area contributed by atoms with Gasteiger partial charge in [0.1, 0.15) is 0 Å².